The van der Waals surface area contributed by atoms with E-state index in [0.29, 0.717) is 185 Å². The number of rotatable bonds is 15. The maximum Gasteiger partial charge on any atom is 0.410 e. The van der Waals surface area contributed by atoms with Crippen molar-refractivity contribution in [2.24, 2.45) is 0 Å². The van der Waals surface area contributed by atoms with Gasteiger partial charge in [0.2, 0.25) is 0 Å². The molecule has 10 aromatic heterocycles. The first kappa shape index (κ1) is 94.1. The van der Waals surface area contributed by atoms with Crippen molar-refractivity contribution in [1.29, 1.82) is 0 Å². The van der Waals surface area contributed by atoms with Gasteiger partial charge in [0.25, 0.3) is 0 Å². The molecule has 5 atom stereocenters. The molecular formula is C90H89ClF5N25O15. The van der Waals surface area contributed by atoms with Crippen LogP contribution in [-0.4, -0.2) is 253 Å². The summed E-state index contributed by atoms with van der Waals surface area (Å²) in [6.07, 6.45) is 10.5. The van der Waals surface area contributed by atoms with Gasteiger partial charge >= 0.3 is 30.5 Å². The first-order valence-electron chi connectivity index (χ1n) is 42.8. The van der Waals surface area contributed by atoms with E-state index in [-0.39, 0.29) is 81.8 Å². The highest BCUT2D eigenvalue weighted by molar-refractivity contribution is 6.31. The van der Waals surface area contributed by atoms with Gasteiger partial charge in [0.05, 0.1) is 102 Å². The fraction of sp³-hybridized carbons (Fsp3) is 0.333. The molecule has 0 saturated carbocycles. The minimum Gasteiger partial charge on any atom is -0.445 e. The molecule has 5 N–H and O–H groups in total. The molecule has 136 heavy (non-hydrogen) atoms. The lowest BCUT2D eigenvalue weighted by molar-refractivity contribution is -0.0332. The van der Waals surface area contributed by atoms with Crippen LogP contribution >= 0.6 is 11.6 Å². The summed E-state index contributed by atoms with van der Waals surface area (Å²) in [5.74, 6) is 0.305. The molecule has 5 aliphatic heterocycles. The van der Waals surface area contributed by atoms with E-state index in [1.165, 1.54) is 76.7 Å². The molecule has 5 amide bonds. The van der Waals surface area contributed by atoms with Crippen LogP contribution in [0.4, 0.5) is 45.9 Å². The molecule has 15 aromatic rings. The van der Waals surface area contributed by atoms with Gasteiger partial charge in [-0.1, -0.05) is 60.1 Å². The van der Waals surface area contributed by atoms with Gasteiger partial charge in [-0.2, -0.15) is 0 Å². The summed E-state index contributed by atoms with van der Waals surface area (Å²) in [5, 5.41) is 0.589. The van der Waals surface area contributed by atoms with Crippen molar-refractivity contribution < 1.29 is 93.3 Å². The molecule has 0 bridgehead atoms. The standard InChI is InChI=1S/C18H18ClN5O3.C18H17F2N5O3.3C18H18FN5O3/c1-11-2-3-12(13(19)6-11)9-27-18(25)24-4-5-26-15(8-24)17-22-14-7-20-10-21-16(14)23-17;1-10-4-12(19)11(13(20)5-10)8-28-18(26)25-2-3-27-15(7-25)17-23-14-6-21-9-22-16(14)24-17;1-11-2-3-12(6-13(11)19)9-27-18(25)24-4-5-26-15(8-24)17-22-14-7-20-10-21-16(14)23-17;1-11-2-3-12(13(19)6-11)9-27-18(25)24-4-5-26-15(8-24)17-22-14-7-20-10-21-16(14)23-17;1-11-3-2-4-13(19)12(11)9-27-18(25)24-5-6-26-15(8-24)17-22-14-7-20-10-21-16(14)23-17/h2-3,6-7,10,15H,4-5,8-9H2,1H3,(H,20,21,22,23);4-6,9,15H,2-3,7-8H2,1H3,(H,21,22,23,24);2*2-3,6-7,10,15H,4-5,8-9H2,1H3,(H,20,21,22,23);2-4,7,10,15H,5-6,8-9H2,1H3,(H,20,21,22,23)/t5*15-/m00000/s1. The number of nitrogens with one attached hydrogen (secondary N) is 5. The Kier molecular flexibility index (Phi) is 30.3. The van der Waals surface area contributed by atoms with Crippen LogP contribution < -0.4 is 0 Å². The topological polar surface area (TPSA) is 466 Å². The number of aryl methyl sites for hydroxylation is 5. The molecule has 20 rings (SSSR count). The Labute approximate surface area is 774 Å². The Hall–Kier alpha value is -15.1. The van der Waals surface area contributed by atoms with Gasteiger partial charge in [0, 0.05) is 54.4 Å². The minimum absolute atomic E-state index is 0.0122. The van der Waals surface area contributed by atoms with E-state index in [2.05, 4.69) is 99.7 Å². The van der Waals surface area contributed by atoms with Crippen LogP contribution in [0, 0.1) is 63.7 Å². The molecule has 5 saturated heterocycles. The van der Waals surface area contributed by atoms with Gasteiger partial charge in [-0.3, -0.25) is 0 Å². The lowest BCUT2D eigenvalue weighted by Crippen LogP contribution is -2.42. The fourth-order valence-electron chi connectivity index (χ4n) is 14.7. The zero-order valence-corrected chi connectivity index (χ0v) is 74.5. The van der Waals surface area contributed by atoms with Crippen LogP contribution in [-0.2, 0) is 80.4 Å². The highest BCUT2D eigenvalue weighted by Crippen LogP contribution is 2.31. The van der Waals surface area contributed by atoms with Gasteiger partial charge in [-0.15, -0.1) is 0 Å². The van der Waals surface area contributed by atoms with Crippen molar-refractivity contribution in [3.05, 3.63) is 266 Å². The molecule has 5 aromatic carbocycles. The molecule has 0 radical (unpaired) electrons. The van der Waals surface area contributed by atoms with Crippen LogP contribution in [0.5, 0.6) is 0 Å². The quantitative estimate of drug-likeness (QED) is 0.0470. The van der Waals surface area contributed by atoms with Gasteiger partial charge in [0.15, 0.2) is 28.2 Å². The summed E-state index contributed by atoms with van der Waals surface area (Å²) < 4.78 is 124. The summed E-state index contributed by atoms with van der Waals surface area (Å²) in [6.45, 7) is 13.3. The zero-order valence-electron chi connectivity index (χ0n) is 73.7. The van der Waals surface area contributed by atoms with Crippen LogP contribution in [0.15, 0.2) is 148 Å². The third kappa shape index (κ3) is 23.7. The smallest absolute Gasteiger partial charge is 0.410 e. The SMILES string of the molecule is Cc1cc(F)c(COC(=O)N2CCO[C@H](c3nc4ncncc4[nH]3)C2)c(F)c1.Cc1ccc(COC(=O)N2CCO[C@H](c3nc4ncncc4[nH]3)C2)c(Cl)c1.Cc1ccc(COC(=O)N2CCO[C@H](c3nc4ncncc4[nH]3)C2)c(F)c1.Cc1ccc(COC(=O)N2CCO[C@H](c3nc4ncncc4[nH]3)C2)cc1F.Cc1cccc(F)c1COC(=O)N1CCO[C@H](c2nc3ncncc3[nH]2)C1. The van der Waals surface area contributed by atoms with E-state index in [0.717, 1.165) is 27.8 Å². The van der Waals surface area contributed by atoms with Gasteiger partial charge < -0.3 is 96.8 Å². The second-order valence-corrected chi connectivity index (χ2v) is 32.1. The maximum atomic E-state index is 13.9. The summed E-state index contributed by atoms with van der Waals surface area (Å²) in [6, 6.07) is 22.4. The average molecular weight is 1890 g/mol. The molecule has 15 heterocycles. The Morgan fingerprint density at radius 3 is 1.01 bits per heavy atom. The van der Waals surface area contributed by atoms with E-state index >= 15 is 0 Å². The number of ether oxygens (including phenoxy) is 10. The van der Waals surface area contributed by atoms with Gasteiger partial charge in [-0.05, 0) is 104 Å². The molecule has 0 unspecified atom stereocenters. The number of nitrogens with zero attached hydrogens (tertiary/aromatic N) is 20. The number of aromatic amines is 5. The first-order valence-corrected chi connectivity index (χ1v) is 43.2. The van der Waals surface area contributed by atoms with E-state index < -0.39 is 73.1 Å². The molecule has 706 valence electrons. The number of hydrogen-bond donors (Lipinski definition) is 5. The number of carbonyl (C=O) groups is 5. The van der Waals surface area contributed by atoms with Crippen molar-refractivity contribution in [3.8, 4) is 0 Å². The number of amides is 5. The van der Waals surface area contributed by atoms with Gasteiger partial charge in [-0.25, -0.2) is 121 Å². The molecule has 46 heteroatoms. The van der Waals surface area contributed by atoms with Crippen LogP contribution in [0.2, 0.25) is 5.02 Å². The summed E-state index contributed by atoms with van der Waals surface area (Å²) >= 11 is 6.19. The summed E-state index contributed by atoms with van der Waals surface area (Å²) in [5.41, 5.74) is 11.6. The van der Waals surface area contributed by atoms with E-state index in [1.807, 2.05) is 25.1 Å². The Morgan fingerprint density at radius 1 is 0.346 bits per heavy atom. The predicted octanol–water partition coefficient (Wildman–Crippen LogP) is 13.2. The number of fused-ring (bicyclic) bond motifs is 5. The minimum atomic E-state index is -0.742. The van der Waals surface area contributed by atoms with Crippen LogP contribution in [0.3, 0.4) is 0 Å². The highest BCUT2D eigenvalue weighted by Gasteiger charge is 2.35. The summed E-state index contributed by atoms with van der Waals surface area (Å²) in [4.78, 5) is 147. The molecule has 0 aliphatic carbocycles. The van der Waals surface area contributed by atoms with Crippen molar-refractivity contribution in [1.82, 2.24) is 124 Å². The number of benzene rings is 5. The second-order valence-electron chi connectivity index (χ2n) is 31.7. The molecule has 5 aliphatic rings. The van der Waals surface area contributed by atoms with Gasteiger partial charge in [0.1, 0.15) is 181 Å². The second kappa shape index (κ2) is 43.7. The van der Waals surface area contributed by atoms with Crippen LogP contribution in [0.25, 0.3) is 55.8 Å². The maximum absolute atomic E-state index is 13.9. The normalized spacial score (nSPS) is 17.2. The largest absolute Gasteiger partial charge is 0.445 e. The lowest BCUT2D eigenvalue weighted by Gasteiger charge is -2.31. The number of aromatic nitrogens is 20. The summed E-state index contributed by atoms with van der Waals surface area (Å²) in [7, 11) is 0. The third-order valence-corrected chi connectivity index (χ3v) is 22.4. The molecule has 5 fully saturated rings. The monoisotopic (exact) mass is 1890 g/mol. The highest BCUT2D eigenvalue weighted by atomic mass is 35.5. The van der Waals surface area contributed by atoms with Crippen molar-refractivity contribution in [2.75, 3.05) is 98.5 Å². The van der Waals surface area contributed by atoms with Crippen molar-refractivity contribution in [2.45, 2.75) is 98.2 Å². The average Bonchev–Trinajstić information content (AvgIpc) is 1.64. The Morgan fingerprint density at radius 2 is 0.669 bits per heavy atom. The van der Waals surface area contributed by atoms with Crippen LogP contribution in [0.1, 0.15) is 115 Å². The third-order valence-electron chi connectivity index (χ3n) is 22.1. The first-order chi connectivity index (χ1) is 65.9. The molecule has 0 spiro atoms. The zero-order chi connectivity index (χ0) is 94.9. The van der Waals surface area contributed by atoms with E-state index in [9.17, 15) is 45.9 Å². The van der Waals surface area contributed by atoms with Crippen molar-refractivity contribution >= 4 is 97.9 Å². The number of imidazole rings is 5. The Balaban J connectivity index is 0.000000123. The molecule has 40 nitrogen and oxygen atoms in total. The van der Waals surface area contributed by atoms with Crippen molar-refractivity contribution in [3.63, 3.8) is 0 Å². The fourth-order valence-corrected chi connectivity index (χ4v) is 15.0. The van der Waals surface area contributed by atoms with E-state index in [1.54, 1.807) is 105 Å². The number of hydrogen-bond acceptors (Lipinski definition) is 30. The number of morpholine rings is 5. The lowest BCUT2D eigenvalue weighted by atomic mass is 10.1. The van der Waals surface area contributed by atoms with E-state index in [4.69, 9.17) is 59.0 Å². The molecular weight excluding hydrogens is 1800 g/mol. The number of carbonyl (C=O) groups excluding carboxylic acids is 5. The Bertz CT molecular complexity index is 6410. The number of H-pyrrole nitrogens is 5. The predicted molar refractivity (Wildman–Crippen MR) is 471 cm³/mol. The number of halogens is 6.